The standard InChI is InChI=1S/C21H26O3/c1-2-3-4-5-6-10-15-24-20-16-18(22)13-14-19(20)21(23)17-11-8-7-9-12-17/h7-9,11-14,16,22H,2-6,10,15H2,1H3. The first kappa shape index (κ1) is 18.1. The Morgan fingerprint density at radius 1 is 0.958 bits per heavy atom. The average Bonchev–Trinajstić information content (AvgIpc) is 2.61. The summed E-state index contributed by atoms with van der Waals surface area (Å²) in [6, 6.07) is 13.8. The van der Waals surface area contributed by atoms with Crippen molar-refractivity contribution in [3.63, 3.8) is 0 Å². The molecule has 2 rings (SSSR count). The van der Waals surface area contributed by atoms with Crippen molar-refractivity contribution in [2.75, 3.05) is 6.61 Å². The topological polar surface area (TPSA) is 46.5 Å². The van der Waals surface area contributed by atoms with Gasteiger partial charge in [-0.2, -0.15) is 0 Å². The lowest BCUT2D eigenvalue weighted by molar-refractivity contribution is 0.103. The van der Waals surface area contributed by atoms with Crippen LogP contribution in [-0.2, 0) is 0 Å². The molecule has 0 aliphatic carbocycles. The average molecular weight is 326 g/mol. The fraction of sp³-hybridized carbons (Fsp3) is 0.381. The number of phenols is 1. The van der Waals surface area contributed by atoms with Crippen LogP contribution in [0.3, 0.4) is 0 Å². The Kier molecular flexibility index (Phi) is 7.34. The zero-order valence-corrected chi connectivity index (χ0v) is 14.3. The molecular weight excluding hydrogens is 300 g/mol. The van der Waals surface area contributed by atoms with E-state index in [1.807, 2.05) is 18.2 Å². The van der Waals surface area contributed by atoms with Gasteiger partial charge in [0.25, 0.3) is 0 Å². The van der Waals surface area contributed by atoms with Gasteiger partial charge in [0.2, 0.25) is 0 Å². The number of hydrogen-bond acceptors (Lipinski definition) is 3. The highest BCUT2D eigenvalue weighted by atomic mass is 16.5. The second kappa shape index (κ2) is 9.76. The molecule has 0 spiro atoms. The molecule has 3 heteroatoms. The maximum Gasteiger partial charge on any atom is 0.196 e. The van der Waals surface area contributed by atoms with Gasteiger partial charge < -0.3 is 9.84 Å². The van der Waals surface area contributed by atoms with Crippen LogP contribution in [0.5, 0.6) is 11.5 Å². The van der Waals surface area contributed by atoms with Gasteiger partial charge in [-0.1, -0.05) is 69.4 Å². The Bertz CT molecular complexity index is 635. The van der Waals surface area contributed by atoms with E-state index < -0.39 is 0 Å². The van der Waals surface area contributed by atoms with E-state index in [1.165, 1.54) is 37.8 Å². The molecule has 0 atom stereocenters. The first-order valence-corrected chi connectivity index (χ1v) is 8.78. The number of hydrogen-bond donors (Lipinski definition) is 1. The van der Waals surface area contributed by atoms with Gasteiger partial charge in [-0.3, -0.25) is 4.79 Å². The fourth-order valence-electron chi connectivity index (χ4n) is 2.63. The minimum atomic E-state index is -0.0893. The number of carbonyl (C=O) groups is 1. The van der Waals surface area contributed by atoms with Crippen molar-refractivity contribution in [3.05, 3.63) is 59.7 Å². The number of benzene rings is 2. The Labute approximate surface area is 144 Å². The van der Waals surface area contributed by atoms with E-state index in [0.29, 0.717) is 23.5 Å². The van der Waals surface area contributed by atoms with Gasteiger partial charge in [-0.05, 0) is 18.6 Å². The van der Waals surface area contributed by atoms with Crippen LogP contribution in [0.25, 0.3) is 0 Å². The number of carbonyl (C=O) groups excluding carboxylic acids is 1. The highest BCUT2D eigenvalue weighted by Crippen LogP contribution is 2.26. The molecule has 0 saturated carbocycles. The van der Waals surface area contributed by atoms with Gasteiger partial charge in [0, 0.05) is 11.6 Å². The van der Waals surface area contributed by atoms with Crippen molar-refractivity contribution in [2.24, 2.45) is 0 Å². The summed E-state index contributed by atoms with van der Waals surface area (Å²) in [6.07, 6.45) is 7.08. The molecule has 0 radical (unpaired) electrons. The van der Waals surface area contributed by atoms with Crippen molar-refractivity contribution in [1.82, 2.24) is 0 Å². The summed E-state index contributed by atoms with van der Waals surface area (Å²) < 4.78 is 5.79. The number of unbranched alkanes of at least 4 members (excludes halogenated alkanes) is 5. The third-order valence-electron chi connectivity index (χ3n) is 4.00. The molecule has 0 saturated heterocycles. The van der Waals surface area contributed by atoms with E-state index in [9.17, 15) is 9.90 Å². The molecule has 0 fully saturated rings. The predicted octanol–water partition coefficient (Wildman–Crippen LogP) is 5.36. The number of aromatic hydroxyl groups is 1. The molecule has 0 heterocycles. The van der Waals surface area contributed by atoms with Crippen LogP contribution in [0.2, 0.25) is 0 Å². The first-order valence-electron chi connectivity index (χ1n) is 8.78. The largest absolute Gasteiger partial charge is 0.508 e. The molecule has 0 aliphatic rings. The molecule has 0 aliphatic heterocycles. The van der Waals surface area contributed by atoms with Crippen LogP contribution < -0.4 is 4.74 Å². The van der Waals surface area contributed by atoms with E-state index in [2.05, 4.69) is 6.92 Å². The van der Waals surface area contributed by atoms with E-state index in [-0.39, 0.29) is 11.5 Å². The summed E-state index contributed by atoms with van der Waals surface area (Å²) in [5.74, 6) is 0.475. The van der Waals surface area contributed by atoms with Gasteiger partial charge in [0.05, 0.1) is 12.2 Å². The van der Waals surface area contributed by atoms with Gasteiger partial charge in [0.1, 0.15) is 11.5 Å². The molecule has 2 aromatic rings. The van der Waals surface area contributed by atoms with Crippen LogP contribution in [0, 0.1) is 0 Å². The molecule has 2 aromatic carbocycles. The first-order chi connectivity index (χ1) is 11.7. The van der Waals surface area contributed by atoms with Crippen molar-refractivity contribution < 1.29 is 14.6 Å². The Hall–Kier alpha value is -2.29. The lowest BCUT2D eigenvalue weighted by atomic mass is 10.0. The molecule has 0 aromatic heterocycles. The normalized spacial score (nSPS) is 10.5. The van der Waals surface area contributed by atoms with E-state index in [0.717, 1.165) is 12.8 Å². The lowest BCUT2D eigenvalue weighted by Gasteiger charge is -2.11. The number of ether oxygens (including phenoxy) is 1. The Balaban J connectivity index is 1.96. The third kappa shape index (κ3) is 5.41. The summed E-state index contributed by atoms with van der Waals surface area (Å²) in [4.78, 5) is 12.6. The Morgan fingerprint density at radius 3 is 2.42 bits per heavy atom. The molecule has 0 unspecified atom stereocenters. The second-order valence-corrected chi connectivity index (χ2v) is 5.99. The van der Waals surface area contributed by atoms with Crippen LogP contribution in [0.1, 0.15) is 61.4 Å². The Morgan fingerprint density at radius 2 is 1.67 bits per heavy atom. The van der Waals surface area contributed by atoms with Crippen LogP contribution in [0.15, 0.2) is 48.5 Å². The quantitative estimate of drug-likeness (QED) is 0.472. The van der Waals surface area contributed by atoms with E-state index in [1.54, 1.807) is 18.2 Å². The number of phenolic OH excluding ortho intramolecular Hbond substituents is 1. The summed E-state index contributed by atoms with van der Waals surface area (Å²) in [5.41, 5.74) is 1.11. The monoisotopic (exact) mass is 326 g/mol. The van der Waals surface area contributed by atoms with Gasteiger partial charge >= 0.3 is 0 Å². The zero-order chi connectivity index (χ0) is 17.2. The van der Waals surface area contributed by atoms with Gasteiger partial charge in [-0.25, -0.2) is 0 Å². The number of ketones is 1. The zero-order valence-electron chi connectivity index (χ0n) is 14.3. The summed E-state index contributed by atoms with van der Waals surface area (Å²) >= 11 is 0. The molecule has 3 nitrogen and oxygen atoms in total. The van der Waals surface area contributed by atoms with E-state index >= 15 is 0 Å². The van der Waals surface area contributed by atoms with E-state index in [4.69, 9.17) is 4.74 Å². The molecule has 0 amide bonds. The van der Waals surface area contributed by atoms with Gasteiger partial charge in [0.15, 0.2) is 5.78 Å². The highest BCUT2D eigenvalue weighted by molar-refractivity contribution is 6.10. The minimum absolute atomic E-state index is 0.0893. The van der Waals surface area contributed by atoms with Crippen molar-refractivity contribution in [2.45, 2.75) is 45.4 Å². The van der Waals surface area contributed by atoms with Crippen molar-refractivity contribution in [3.8, 4) is 11.5 Å². The molecule has 0 bridgehead atoms. The van der Waals surface area contributed by atoms with Gasteiger partial charge in [-0.15, -0.1) is 0 Å². The predicted molar refractivity (Wildman–Crippen MR) is 96.9 cm³/mol. The number of rotatable bonds is 10. The smallest absolute Gasteiger partial charge is 0.196 e. The second-order valence-electron chi connectivity index (χ2n) is 5.99. The van der Waals surface area contributed by atoms with Crippen LogP contribution in [-0.4, -0.2) is 17.5 Å². The summed E-state index contributed by atoms with van der Waals surface area (Å²) in [6.45, 7) is 2.76. The minimum Gasteiger partial charge on any atom is -0.508 e. The molecule has 128 valence electrons. The molecule has 24 heavy (non-hydrogen) atoms. The summed E-state index contributed by atoms with van der Waals surface area (Å²) in [5, 5.41) is 9.70. The maximum atomic E-state index is 12.6. The fourth-order valence-corrected chi connectivity index (χ4v) is 2.63. The maximum absolute atomic E-state index is 12.6. The summed E-state index contributed by atoms with van der Waals surface area (Å²) in [7, 11) is 0. The van der Waals surface area contributed by atoms with Crippen LogP contribution >= 0.6 is 0 Å². The third-order valence-corrected chi connectivity index (χ3v) is 4.00. The van der Waals surface area contributed by atoms with Crippen molar-refractivity contribution in [1.29, 1.82) is 0 Å². The molecular formula is C21H26O3. The lowest BCUT2D eigenvalue weighted by Crippen LogP contribution is -2.06. The molecule has 1 N–H and O–H groups in total. The SMILES string of the molecule is CCCCCCCCOc1cc(O)ccc1C(=O)c1ccccc1. The van der Waals surface area contributed by atoms with Crippen LogP contribution in [0.4, 0.5) is 0 Å². The highest BCUT2D eigenvalue weighted by Gasteiger charge is 2.15. The van der Waals surface area contributed by atoms with Crippen molar-refractivity contribution >= 4 is 5.78 Å².